The van der Waals surface area contributed by atoms with Crippen LogP contribution in [0, 0.1) is 11.3 Å². The zero-order chi connectivity index (χ0) is 20.2. The molecule has 1 fully saturated rings. The normalized spacial score (nSPS) is 13.9. The van der Waals surface area contributed by atoms with Crippen LogP contribution < -0.4 is 15.3 Å². The van der Waals surface area contributed by atoms with Crippen molar-refractivity contribution in [3.63, 3.8) is 0 Å². The molecule has 0 radical (unpaired) electrons. The minimum Gasteiger partial charge on any atom is -0.484 e. The fourth-order valence-corrected chi connectivity index (χ4v) is 3.41. The summed E-state index contributed by atoms with van der Waals surface area (Å²) < 4.78 is 10.7. The average Bonchev–Trinajstić information content (AvgIpc) is 2.77. The van der Waals surface area contributed by atoms with Crippen molar-refractivity contribution in [2.24, 2.45) is 0 Å². The molecule has 0 unspecified atom stereocenters. The Morgan fingerprint density at radius 3 is 2.62 bits per heavy atom. The molecule has 2 aromatic carbocycles. The third-order valence-corrected chi connectivity index (χ3v) is 4.95. The first-order valence-corrected chi connectivity index (χ1v) is 9.32. The molecule has 1 aliphatic rings. The lowest BCUT2D eigenvalue weighted by Crippen LogP contribution is -2.50. The fraction of sp³-hybridized carbons (Fsp3) is 0.227. The van der Waals surface area contributed by atoms with Gasteiger partial charge in [0.25, 0.3) is 5.91 Å². The number of hydrogen-bond donors (Lipinski definition) is 0. The third kappa shape index (κ3) is 4.06. The van der Waals surface area contributed by atoms with E-state index in [9.17, 15) is 14.9 Å². The second-order valence-electron chi connectivity index (χ2n) is 6.74. The van der Waals surface area contributed by atoms with E-state index >= 15 is 0 Å². The van der Waals surface area contributed by atoms with Gasteiger partial charge in [0.05, 0.1) is 11.3 Å². The maximum atomic E-state index is 12.5. The lowest BCUT2D eigenvalue weighted by molar-refractivity contribution is -0.133. The monoisotopic (exact) mass is 389 g/mol. The van der Waals surface area contributed by atoms with Crippen molar-refractivity contribution in [3.05, 3.63) is 70.6 Å². The predicted octanol–water partition coefficient (Wildman–Crippen LogP) is 2.39. The average molecular weight is 389 g/mol. The van der Waals surface area contributed by atoms with Crippen molar-refractivity contribution in [1.29, 1.82) is 5.26 Å². The molecule has 7 nitrogen and oxygen atoms in total. The Morgan fingerprint density at radius 1 is 1.07 bits per heavy atom. The van der Waals surface area contributed by atoms with E-state index in [2.05, 4.69) is 11.0 Å². The number of ether oxygens (including phenoxy) is 1. The van der Waals surface area contributed by atoms with Crippen LogP contribution in [0.1, 0.15) is 5.56 Å². The van der Waals surface area contributed by atoms with E-state index in [0.29, 0.717) is 43.1 Å². The van der Waals surface area contributed by atoms with Crippen LogP contribution in [0.5, 0.6) is 5.75 Å². The highest BCUT2D eigenvalue weighted by molar-refractivity contribution is 5.79. The van der Waals surface area contributed by atoms with Gasteiger partial charge < -0.3 is 19.0 Å². The van der Waals surface area contributed by atoms with Crippen LogP contribution in [0.2, 0.25) is 0 Å². The highest BCUT2D eigenvalue weighted by atomic mass is 16.5. The molecule has 1 aliphatic heterocycles. The van der Waals surface area contributed by atoms with Crippen LogP contribution in [0.25, 0.3) is 11.0 Å². The summed E-state index contributed by atoms with van der Waals surface area (Å²) in [6, 6.07) is 17.9. The van der Waals surface area contributed by atoms with Gasteiger partial charge in [-0.1, -0.05) is 12.1 Å². The number of nitriles is 1. The number of piperazine rings is 1. The molecule has 0 spiro atoms. The van der Waals surface area contributed by atoms with Gasteiger partial charge in [0.1, 0.15) is 17.4 Å². The molecule has 4 rings (SSSR count). The maximum absolute atomic E-state index is 12.5. The first-order chi connectivity index (χ1) is 14.1. The van der Waals surface area contributed by atoms with Gasteiger partial charge in [-0.2, -0.15) is 5.26 Å². The van der Waals surface area contributed by atoms with Gasteiger partial charge in [-0.15, -0.1) is 0 Å². The lowest BCUT2D eigenvalue weighted by atomic mass is 10.1. The third-order valence-electron chi connectivity index (χ3n) is 4.95. The molecule has 0 bridgehead atoms. The van der Waals surface area contributed by atoms with Gasteiger partial charge in [-0.25, -0.2) is 4.79 Å². The number of carbonyl (C=O) groups is 1. The Hall–Kier alpha value is -3.79. The standard InChI is InChI=1S/C22H19N3O4/c23-14-17-3-1-2-4-19(17)24-9-11-25(12-10-24)21(26)15-28-18-7-5-16-6-8-22(27)29-20(16)13-18/h1-8,13H,9-12,15H2. The van der Waals surface area contributed by atoms with E-state index in [0.717, 1.165) is 11.1 Å². The van der Waals surface area contributed by atoms with Crippen LogP contribution in [0.15, 0.2) is 63.8 Å². The number of amides is 1. The Kier molecular flexibility index (Phi) is 5.16. The van der Waals surface area contributed by atoms with Crippen molar-refractivity contribution in [2.45, 2.75) is 0 Å². The number of nitrogens with zero attached hydrogens (tertiary/aromatic N) is 3. The Balaban J connectivity index is 1.34. The summed E-state index contributed by atoms with van der Waals surface area (Å²) in [4.78, 5) is 27.7. The van der Waals surface area contributed by atoms with Crippen molar-refractivity contribution in [3.8, 4) is 11.8 Å². The summed E-state index contributed by atoms with van der Waals surface area (Å²) >= 11 is 0. The van der Waals surface area contributed by atoms with Gasteiger partial charge in [-0.3, -0.25) is 4.79 Å². The molecular formula is C22H19N3O4. The molecule has 0 N–H and O–H groups in total. The van der Waals surface area contributed by atoms with E-state index < -0.39 is 5.63 Å². The van der Waals surface area contributed by atoms with Crippen LogP contribution in [-0.4, -0.2) is 43.6 Å². The molecule has 2 heterocycles. The van der Waals surface area contributed by atoms with Gasteiger partial charge in [-0.05, 0) is 30.3 Å². The minimum absolute atomic E-state index is 0.0860. The molecule has 1 amide bonds. The number of benzene rings is 2. The lowest BCUT2D eigenvalue weighted by Gasteiger charge is -2.36. The fourth-order valence-electron chi connectivity index (χ4n) is 3.41. The SMILES string of the molecule is N#Cc1ccccc1N1CCN(C(=O)COc2ccc3ccc(=O)oc3c2)CC1. The van der Waals surface area contributed by atoms with E-state index in [1.54, 1.807) is 35.2 Å². The second kappa shape index (κ2) is 8.07. The summed E-state index contributed by atoms with van der Waals surface area (Å²) in [5.41, 5.74) is 1.53. The van der Waals surface area contributed by atoms with Gasteiger partial charge in [0, 0.05) is 43.7 Å². The van der Waals surface area contributed by atoms with Crippen molar-refractivity contribution < 1.29 is 13.9 Å². The first-order valence-electron chi connectivity index (χ1n) is 9.32. The molecule has 1 saturated heterocycles. The van der Waals surface area contributed by atoms with Crippen LogP contribution in [0.3, 0.4) is 0 Å². The smallest absolute Gasteiger partial charge is 0.336 e. The topological polar surface area (TPSA) is 86.8 Å². The van der Waals surface area contributed by atoms with E-state index in [1.807, 2.05) is 18.2 Å². The zero-order valence-corrected chi connectivity index (χ0v) is 15.7. The van der Waals surface area contributed by atoms with Crippen LogP contribution in [-0.2, 0) is 4.79 Å². The second-order valence-corrected chi connectivity index (χ2v) is 6.74. The van der Waals surface area contributed by atoms with Crippen molar-refractivity contribution in [1.82, 2.24) is 4.90 Å². The summed E-state index contributed by atoms with van der Waals surface area (Å²) in [6.45, 7) is 2.36. The molecule has 0 aliphatic carbocycles. The highest BCUT2D eigenvalue weighted by Gasteiger charge is 2.22. The Bertz CT molecular complexity index is 1140. The van der Waals surface area contributed by atoms with Gasteiger partial charge >= 0.3 is 5.63 Å². The maximum Gasteiger partial charge on any atom is 0.336 e. The predicted molar refractivity (Wildman–Crippen MR) is 108 cm³/mol. The quantitative estimate of drug-likeness (QED) is 0.637. The first kappa shape index (κ1) is 18.6. The van der Waals surface area contributed by atoms with E-state index in [-0.39, 0.29) is 12.5 Å². The zero-order valence-electron chi connectivity index (χ0n) is 15.7. The van der Waals surface area contributed by atoms with Crippen LogP contribution in [0.4, 0.5) is 5.69 Å². The molecule has 0 saturated carbocycles. The Labute approximate surface area is 167 Å². The largest absolute Gasteiger partial charge is 0.484 e. The van der Waals surface area contributed by atoms with Crippen molar-refractivity contribution >= 4 is 22.6 Å². The molecule has 1 aromatic heterocycles. The van der Waals surface area contributed by atoms with Gasteiger partial charge in [0.2, 0.25) is 0 Å². The van der Waals surface area contributed by atoms with Gasteiger partial charge in [0.15, 0.2) is 6.61 Å². The number of fused-ring (bicyclic) bond motifs is 1. The number of para-hydroxylation sites is 1. The van der Waals surface area contributed by atoms with Crippen LogP contribution >= 0.6 is 0 Å². The number of anilines is 1. The summed E-state index contributed by atoms with van der Waals surface area (Å²) in [5, 5.41) is 10.1. The highest BCUT2D eigenvalue weighted by Crippen LogP contribution is 2.22. The summed E-state index contributed by atoms with van der Waals surface area (Å²) in [7, 11) is 0. The summed E-state index contributed by atoms with van der Waals surface area (Å²) in [6.07, 6.45) is 0. The minimum atomic E-state index is -0.429. The Morgan fingerprint density at radius 2 is 1.83 bits per heavy atom. The molecule has 0 atom stereocenters. The summed E-state index contributed by atoms with van der Waals surface area (Å²) in [5.74, 6) is 0.370. The number of carbonyl (C=O) groups excluding carboxylic acids is 1. The number of rotatable bonds is 4. The van der Waals surface area contributed by atoms with E-state index in [1.165, 1.54) is 6.07 Å². The molecule has 29 heavy (non-hydrogen) atoms. The van der Waals surface area contributed by atoms with E-state index in [4.69, 9.17) is 9.15 Å². The molecule has 3 aromatic rings. The van der Waals surface area contributed by atoms with Crippen molar-refractivity contribution in [2.75, 3.05) is 37.7 Å². The molecule has 146 valence electrons. The molecular weight excluding hydrogens is 370 g/mol. The molecule has 7 heteroatoms. The number of hydrogen-bond acceptors (Lipinski definition) is 6.